The van der Waals surface area contributed by atoms with Crippen molar-refractivity contribution in [2.24, 2.45) is 5.73 Å². The third-order valence-electron chi connectivity index (χ3n) is 6.13. The first-order valence-electron chi connectivity index (χ1n) is 13.8. The van der Waals surface area contributed by atoms with Gasteiger partial charge in [0, 0.05) is 19.6 Å². The highest BCUT2D eigenvalue weighted by Crippen LogP contribution is 2.46. The summed E-state index contributed by atoms with van der Waals surface area (Å²) in [6.45, 7) is 6.12. The molecule has 0 fully saturated rings. The molecule has 3 N–H and O–H groups in total. The van der Waals surface area contributed by atoms with Crippen LogP contribution in [0.1, 0.15) is 124 Å². The van der Waals surface area contributed by atoms with Crippen LogP contribution in [0.2, 0.25) is 0 Å². The van der Waals surface area contributed by atoms with Crippen molar-refractivity contribution < 1.29 is 28.3 Å². The van der Waals surface area contributed by atoms with Crippen molar-refractivity contribution in [3.63, 3.8) is 0 Å². The van der Waals surface area contributed by atoms with Gasteiger partial charge in [-0.15, -0.1) is 0 Å². The zero-order valence-electron chi connectivity index (χ0n) is 22.3. The molecule has 204 valence electrons. The van der Waals surface area contributed by atoms with Crippen LogP contribution >= 0.6 is 7.60 Å². The standard InChI is InChI=1S/C26H54NO6P/c1-4-6-7-8-9-10-11-12-13-14-15-16-17-18-19-20-31-22-25(33-26(28)5-2)23-32-34(29,30)24(3)21-27/h24-25H,4-23,27H2,1-3H3,(H,29,30). The molecular formula is C26H54NO6P. The lowest BCUT2D eigenvalue weighted by atomic mass is 10.0. The zero-order valence-corrected chi connectivity index (χ0v) is 23.2. The molecule has 7 nitrogen and oxygen atoms in total. The molecule has 0 heterocycles. The average Bonchev–Trinajstić information content (AvgIpc) is 2.83. The monoisotopic (exact) mass is 507 g/mol. The molecule has 3 unspecified atom stereocenters. The summed E-state index contributed by atoms with van der Waals surface area (Å²) in [5, 5.41) is 0. The second kappa shape index (κ2) is 23.0. The van der Waals surface area contributed by atoms with Gasteiger partial charge < -0.3 is 24.6 Å². The van der Waals surface area contributed by atoms with Crippen molar-refractivity contribution in [3.8, 4) is 0 Å². The highest BCUT2D eigenvalue weighted by Gasteiger charge is 2.29. The molecule has 0 radical (unpaired) electrons. The highest BCUT2D eigenvalue weighted by molar-refractivity contribution is 7.53. The quantitative estimate of drug-likeness (QED) is 0.0799. The molecule has 8 heteroatoms. The minimum absolute atomic E-state index is 0.0445. The van der Waals surface area contributed by atoms with Crippen LogP contribution in [0, 0.1) is 0 Å². The predicted octanol–water partition coefficient (Wildman–Crippen LogP) is 6.75. The highest BCUT2D eigenvalue weighted by atomic mass is 31.2. The zero-order chi connectivity index (χ0) is 25.5. The number of unbranched alkanes of at least 4 members (excludes halogenated alkanes) is 14. The molecule has 0 aliphatic heterocycles. The minimum Gasteiger partial charge on any atom is -0.457 e. The lowest BCUT2D eigenvalue weighted by Crippen LogP contribution is -2.29. The lowest BCUT2D eigenvalue weighted by molar-refractivity contribution is -0.153. The normalized spacial score (nSPS) is 15.1. The van der Waals surface area contributed by atoms with E-state index in [4.69, 9.17) is 19.7 Å². The summed E-state index contributed by atoms with van der Waals surface area (Å²) in [7, 11) is -3.84. The topological polar surface area (TPSA) is 108 Å². The van der Waals surface area contributed by atoms with Gasteiger partial charge in [0.1, 0.15) is 6.10 Å². The fourth-order valence-corrected chi connectivity index (χ4v) is 4.53. The van der Waals surface area contributed by atoms with E-state index < -0.39 is 19.4 Å². The van der Waals surface area contributed by atoms with E-state index in [2.05, 4.69) is 6.92 Å². The summed E-state index contributed by atoms with van der Waals surface area (Å²) in [6, 6.07) is 0. The number of esters is 1. The van der Waals surface area contributed by atoms with Crippen LogP contribution in [0.5, 0.6) is 0 Å². The van der Waals surface area contributed by atoms with Crippen molar-refractivity contribution in [2.45, 2.75) is 135 Å². The van der Waals surface area contributed by atoms with E-state index >= 15 is 0 Å². The molecule has 0 aliphatic carbocycles. The molecule has 34 heavy (non-hydrogen) atoms. The molecule has 0 amide bonds. The van der Waals surface area contributed by atoms with Gasteiger partial charge in [0.15, 0.2) is 0 Å². The third kappa shape index (κ3) is 19.8. The summed E-state index contributed by atoms with van der Waals surface area (Å²) < 4.78 is 28.2. The Labute approximate surface area is 209 Å². The second-order valence-electron chi connectivity index (χ2n) is 9.43. The second-order valence-corrected chi connectivity index (χ2v) is 11.7. The number of nitrogens with two attached hydrogens (primary N) is 1. The van der Waals surface area contributed by atoms with Crippen LogP contribution in [0.15, 0.2) is 0 Å². The summed E-state index contributed by atoms with van der Waals surface area (Å²) in [5.41, 5.74) is 4.78. The van der Waals surface area contributed by atoms with Gasteiger partial charge in [0.25, 0.3) is 0 Å². The number of carbonyl (C=O) groups is 1. The smallest absolute Gasteiger partial charge is 0.332 e. The van der Waals surface area contributed by atoms with E-state index in [1.54, 1.807) is 13.8 Å². The summed E-state index contributed by atoms with van der Waals surface area (Å²) in [5.74, 6) is -0.385. The van der Waals surface area contributed by atoms with E-state index in [1.165, 1.54) is 83.5 Å². The maximum absolute atomic E-state index is 12.1. The van der Waals surface area contributed by atoms with Crippen LogP contribution in [0.25, 0.3) is 0 Å². The Bertz CT molecular complexity index is 520. The number of rotatable bonds is 25. The van der Waals surface area contributed by atoms with Crippen LogP contribution in [-0.2, 0) is 23.4 Å². The van der Waals surface area contributed by atoms with Crippen LogP contribution < -0.4 is 5.73 Å². The molecule has 0 aliphatic rings. The first kappa shape index (κ1) is 33.5. The molecule has 3 atom stereocenters. The van der Waals surface area contributed by atoms with Gasteiger partial charge in [0.05, 0.1) is 18.9 Å². The molecule has 0 aromatic heterocycles. The molecule has 0 spiro atoms. The first-order chi connectivity index (χ1) is 16.4. The predicted molar refractivity (Wildman–Crippen MR) is 140 cm³/mol. The van der Waals surface area contributed by atoms with Crippen LogP contribution in [0.3, 0.4) is 0 Å². The Morgan fingerprint density at radius 1 is 0.824 bits per heavy atom. The number of carbonyl (C=O) groups excluding carboxylic acids is 1. The van der Waals surface area contributed by atoms with E-state index in [0.29, 0.717) is 6.61 Å². The maximum atomic E-state index is 12.1. The largest absolute Gasteiger partial charge is 0.457 e. The Hall–Kier alpha value is -0.460. The fourth-order valence-electron chi connectivity index (χ4n) is 3.63. The third-order valence-corrected chi connectivity index (χ3v) is 7.97. The van der Waals surface area contributed by atoms with E-state index in [0.717, 1.165) is 12.8 Å². The summed E-state index contributed by atoms with van der Waals surface area (Å²) in [6.07, 6.45) is 19.2. The molecule has 0 aromatic carbocycles. The van der Waals surface area contributed by atoms with Crippen molar-refractivity contribution in [3.05, 3.63) is 0 Å². The lowest BCUT2D eigenvalue weighted by Gasteiger charge is -2.22. The average molecular weight is 508 g/mol. The minimum atomic E-state index is -3.84. The number of hydrogen-bond donors (Lipinski definition) is 2. The Balaban J connectivity index is 3.73. The molecule has 0 rings (SSSR count). The molecule has 0 saturated heterocycles. The molecular weight excluding hydrogens is 453 g/mol. The fraction of sp³-hybridized carbons (Fsp3) is 0.962. The van der Waals surface area contributed by atoms with Crippen LogP contribution in [0.4, 0.5) is 0 Å². The molecule has 0 aromatic rings. The van der Waals surface area contributed by atoms with E-state index in [9.17, 15) is 14.3 Å². The van der Waals surface area contributed by atoms with Crippen molar-refractivity contribution in [1.82, 2.24) is 0 Å². The van der Waals surface area contributed by atoms with E-state index in [1.807, 2.05) is 0 Å². The van der Waals surface area contributed by atoms with Crippen molar-refractivity contribution >= 4 is 13.6 Å². The Morgan fingerprint density at radius 2 is 1.29 bits per heavy atom. The van der Waals surface area contributed by atoms with Crippen molar-refractivity contribution in [2.75, 3.05) is 26.4 Å². The van der Waals surface area contributed by atoms with Gasteiger partial charge >= 0.3 is 13.6 Å². The SMILES string of the molecule is CCCCCCCCCCCCCCCCCOCC(COP(=O)(O)C(C)CN)OC(=O)CC. The first-order valence-corrected chi connectivity index (χ1v) is 15.5. The maximum Gasteiger partial charge on any atom is 0.332 e. The Morgan fingerprint density at radius 3 is 1.74 bits per heavy atom. The number of hydrogen-bond acceptors (Lipinski definition) is 6. The van der Waals surface area contributed by atoms with Crippen LogP contribution in [-0.4, -0.2) is 49.0 Å². The van der Waals surface area contributed by atoms with E-state index in [-0.39, 0.29) is 32.1 Å². The Kier molecular flexibility index (Phi) is 22.7. The van der Waals surface area contributed by atoms with Gasteiger partial charge in [-0.1, -0.05) is 104 Å². The molecule has 0 bridgehead atoms. The molecule has 0 saturated carbocycles. The summed E-state index contributed by atoms with van der Waals surface area (Å²) >= 11 is 0. The van der Waals surface area contributed by atoms with Gasteiger partial charge in [0.2, 0.25) is 0 Å². The van der Waals surface area contributed by atoms with Gasteiger partial charge in [-0.25, -0.2) is 0 Å². The van der Waals surface area contributed by atoms with Crippen molar-refractivity contribution in [1.29, 1.82) is 0 Å². The van der Waals surface area contributed by atoms with Gasteiger partial charge in [-0.3, -0.25) is 9.36 Å². The van der Waals surface area contributed by atoms with Gasteiger partial charge in [-0.2, -0.15) is 0 Å². The summed E-state index contributed by atoms with van der Waals surface area (Å²) in [4.78, 5) is 21.5. The number of ether oxygens (including phenoxy) is 2. The van der Waals surface area contributed by atoms with Gasteiger partial charge in [-0.05, 0) is 13.3 Å².